The van der Waals surface area contributed by atoms with Crippen LogP contribution in [0.15, 0.2) is 51.2 Å². The van der Waals surface area contributed by atoms with Gasteiger partial charge in [-0.05, 0) is 93.0 Å². The minimum atomic E-state index is -5.74. The molecule has 12 N–H and O–H groups in total. The fraction of sp³-hybridized carbons (Fsp3) is 0.480. The van der Waals surface area contributed by atoms with E-state index in [1.165, 1.54) is 23.2 Å². The van der Waals surface area contributed by atoms with E-state index in [1.807, 2.05) is 0 Å². The highest BCUT2D eigenvalue weighted by Crippen LogP contribution is 2.66. The smallest absolute Gasteiger partial charge is 0.455 e. The third kappa shape index (κ3) is 13.5. The number of unbranched alkanes of at least 4 members (excludes halogenated alkanes) is 2. The number of hydrogen-bond donors (Lipinski definition) is 11. The Kier molecular flexibility index (Phi) is 17.8. The van der Waals surface area contributed by atoms with Crippen LogP contribution in [0.5, 0.6) is 11.5 Å². The molecule has 6 aliphatic heterocycles. The Hall–Kier alpha value is -5.61. The Morgan fingerprint density at radius 2 is 1.60 bits per heavy atom. The van der Waals surface area contributed by atoms with Crippen LogP contribution in [0.1, 0.15) is 91.0 Å². The molecule has 31 nitrogen and oxygen atoms in total. The number of anilines is 2. The normalized spacial score (nSPS) is 21.2. The molecule has 8 heterocycles. The lowest BCUT2D eigenvalue weighted by Crippen LogP contribution is -2.45. The van der Waals surface area contributed by atoms with Gasteiger partial charge in [-0.2, -0.15) is 17.7 Å². The molecule has 470 valence electrons. The van der Waals surface area contributed by atoms with Gasteiger partial charge in [0.05, 0.1) is 23.4 Å². The molecule has 0 aliphatic carbocycles. The van der Waals surface area contributed by atoms with E-state index < -0.39 is 96.1 Å². The Morgan fingerprint density at radius 3 is 2.36 bits per heavy atom. The lowest BCUT2D eigenvalue weighted by molar-refractivity contribution is -0.121. The molecule has 5 aromatic rings. The third-order valence-electron chi connectivity index (χ3n) is 15.7. The van der Waals surface area contributed by atoms with Crippen LogP contribution < -0.4 is 51.4 Å². The molecule has 0 bridgehead atoms. The number of nitrogen functional groups attached to an aromatic ring is 1. The third-order valence-corrected chi connectivity index (χ3v) is 22.4. The molecule has 6 atom stereocenters. The summed E-state index contributed by atoms with van der Waals surface area (Å²) in [5.41, 5.74) is 11.4. The summed E-state index contributed by atoms with van der Waals surface area (Å²) < 4.78 is 127. The fourth-order valence-corrected chi connectivity index (χ4v) is 17.9. The van der Waals surface area contributed by atoms with Gasteiger partial charge in [0.15, 0.2) is 23.5 Å². The maximum atomic E-state index is 13.9. The Labute approximate surface area is 500 Å². The first-order valence-corrected chi connectivity index (χ1v) is 36.3. The molecule has 0 spiro atoms. The van der Waals surface area contributed by atoms with Gasteiger partial charge >= 0.3 is 28.5 Å². The van der Waals surface area contributed by atoms with Crippen molar-refractivity contribution >= 4 is 94.7 Å². The first kappa shape index (κ1) is 63.0. The summed E-state index contributed by atoms with van der Waals surface area (Å²) in [6.45, 7) is -2.80. The number of benzene rings is 3. The number of rotatable bonds is 22. The second-order valence-corrected chi connectivity index (χ2v) is 30.6. The lowest BCUT2D eigenvalue weighted by Gasteiger charge is -2.39. The van der Waals surface area contributed by atoms with Crippen molar-refractivity contribution in [2.45, 2.75) is 111 Å². The number of hydrogen-bond acceptors (Lipinski definition) is 21. The number of nitrogens with one attached hydrogen (secondary N) is 4. The molecule has 3 unspecified atom stereocenters. The average Bonchev–Trinajstić information content (AvgIpc) is 1.47. The standard InChI is InChI=1S/C50H61N10O21P3S3/c51-49-56-46-39(47(63)57-49)54-26-60(46)48-42(62)45(35(77-48)25-76-82(65,66)80-83(67,68)81-84(69,70)85)79-50(64)53-17-16-52-37(61)12-2-1-3-15-55-86(71,72)29-13-14-30(36(24-29)87(73,74)75)38-33-22-27-8-4-18-58-20-6-10-31(40(27)58)43(33)78-44-32-11-7-21-59-19-5-9-28(41(32)59)23-34(38)44/h13-14,22-24,26,35,42,45,48,55,62H,1-12,15-21,25H2,(H9-,51,52,53,56,57,61,63,64,65,66,67,68,69,70,73,74,75,85)/p+1/t35-,42-,45-,48?/m1/s1. The minimum Gasteiger partial charge on any atom is -0.455 e. The van der Waals surface area contributed by atoms with Gasteiger partial charge in [0.1, 0.15) is 41.7 Å². The molecule has 3 aromatic carbocycles. The number of ether oxygens (including phenoxy) is 3. The largest absolute Gasteiger partial charge is 0.488 e. The van der Waals surface area contributed by atoms with Crippen LogP contribution in [-0.2, 0) is 94.2 Å². The molecule has 0 saturated carbocycles. The highest BCUT2D eigenvalue weighted by molar-refractivity contribution is 8.08. The van der Waals surface area contributed by atoms with Gasteiger partial charge in [-0.15, -0.1) is 0 Å². The van der Waals surface area contributed by atoms with Crippen molar-refractivity contribution < 1.29 is 92.1 Å². The van der Waals surface area contributed by atoms with Gasteiger partial charge in [0, 0.05) is 90.7 Å². The van der Waals surface area contributed by atoms with Crippen molar-refractivity contribution in [3.63, 3.8) is 0 Å². The molecular formula is C50H62N10O21P3S3+. The number of amides is 2. The van der Waals surface area contributed by atoms with Gasteiger partial charge < -0.3 is 60.2 Å². The average molecular weight is 1330 g/mol. The molecule has 37 heteroatoms. The summed E-state index contributed by atoms with van der Waals surface area (Å²) in [4.78, 5) is 88.1. The Balaban J connectivity index is 0.702. The number of aryl methyl sites for hydroxylation is 2. The van der Waals surface area contributed by atoms with Gasteiger partial charge in [0.2, 0.25) is 27.2 Å². The summed E-state index contributed by atoms with van der Waals surface area (Å²) in [6.07, 6.45) is 0.700. The Bertz CT molecular complexity index is 4220. The van der Waals surface area contributed by atoms with E-state index in [4.69, 9.17) is 24.5 Å². The van der Waals surface area contributed by atoms with E-state index in [0.717, 1.165) is 117 Å². The van der Waals surface area contributed by atoms with E-state index in [-0.39, 0.29) is 60.0 Å². The van der Waals surface area contributed by atoms with Crippen LogP contribution in [0.4, 0.5) is 16.4 Å². The van der Waals surface area contributed by atoms with Crippen LogP contribution in [0, 0.1) is 0 Å². The second kappa shape index (κ2) is 24.6. The number of nitrogens with two attached hydrogens (primary N) is 1. The number of fused-ring (bicyclic) bond motifs is 5. The highest BCUT2D eigenvalue weighted by atomic mass is 32.5. The summed E-state index contributed by atoms with van der Waals surface area (Å²) in [5.74, 6) is 0.526. The molecule has 1 saturated heterocycles. The minimum absolute atomic E-state index is 0.00638. The monoisotopic (exact) mass is 1330 g/mol. The number of aliphatic hydroxyl groups excluding tert-OH is 1. The Morgan fingerprint density at radius 1 is 0.874 bits per heavy atom. The van der Waals surface area contributed by atoms with Crippen LogP contribution >= 0.6 is 22.4 Å². The first-order chi connectivity index (χ1) is 41.1. The molecule has 1 fully saturated rings. The number of sulfonamides is 1. The van der Waals surface area contributed by atoms with Crippen molar-refractivity contribution in [2.24, 2.45) is 0 Å². The van der Waals surface area contributed by atoms with Crippen LogP contribution in [0.25, 0.3) is 16.7 Å². The van der Waals surface area contributed by atoms with E-state index in [1.54, 1.807) is 0 Å². The molecule has 11 rings (SSSR count). The predicted molar refractivity (Wildman–Crippen MR) is 310 cm³/mol. The second-order valence-electron chi connectivity index (χ2n) is 21.6. The number of imidazole rings is 1. The number of carbonyl (C=O) groups is 2. The van der Waals surface area contributed by atoms with Crippen molar-refractivity contribution in [1.29, 1.82) is 0 Å². The molecule has 2 amide bonds. The zero-order chi connectivity index (χ0) is 62.0. The number of nitrogens with zero attached hydrogens (tertiary/aromatic N) is 5. The number of phosphoric ester groups is 1. The van der Waals surface area contributed by atoms with Crippen molar-refractivity contribution in [3.05, 3.63) is 91.0 Å². The fourth-order valence-electron chi connectivity index (χ4n) is 12.2. The molecule has 87 heavy (non-hydrogen) atoms. The predicted octanol–water partition coefficient (Wildman–Crippen LogP) is 0.852. The van der Waals surface area contributed by atoms with Crippen LogP contribution in [-0.4, -0.2) is 148 Å². The van der Waals surface area contributed by atoms with E-state index in [0.29, 0.717) is 40.7 Å². The van der Waals surface area contributed by atoms with Gasteiger partial charge in [-0.25, -0.2) is 40.9 Å². The van der Waals surface area contributed by atoms with E-state index in [9.17, 15) is 69.6 Å². The van der Waals surface area contributed by atoms with Gasteiger partial charge in [-0.1, -0.05) is 12.5 Å². The zero-order valence-corrected chi connectivity index (χ0v) is 51.2. The molecule has 0 radical (unpaired) electrons. The number of alkyl carbamates (subject to hydrolysis) is 1. The van der Waals surface area contributed by atoms with Crippen LogP contribution in [0.2, 0.25) is 0 Å². The number of carbonyl (C=O) groups excluding carboxylic acids is 2. The summed E-state index contributed by atoms with van der Waals surface area (Å²) in [5, 5.41) is 18.1. The van der Waals surface area contributed by atoms with Gasteiger partial charge in [-0.3, -0.25) is 28.2 Å². The van der Waals surface area contributed by atoms with E-state index >= 15 is 0 Å². The zero-order valence-electron chi connectivity index (χ0n) is 46.1. The van der Waals surface area contributed by atoms with Crippen LogP contribution in [0.3, 0.4) is 0 Å². The molecular weight excluding hydrogens is 1270 g/mol. The van der Waals surface area contributed by atoms with Crippen molar-refractivity contribution in [1.82, 2.24) is 39.5 Å². The lowest BCUT2D eigenvalue weighted by atomic mass is 9.82. The van der Waals surface area contributed by atoms with E-state index in [2.05, 4.69) is 72.3 Å². The summed E-state index contributed by atoms with van der Waals surface area (Å²) in [6, 6.07) is 7.94. The topological polar surface area (TPSA) is 445 Å². The number of aromatic amines is 1. The summed E-state index contributed by atoms with van der Waals surface area (Å²) >= 11 is 4.08. The SMILES string of the molecule is Nc1nc2c(ncn2C2O[C@H](COP(=O)(O)OP(=O)(O)OP(O)(O)=S)[C@@H](OC(=O)NCCNC(=O)CCCCCNS(=O)(=O)c3ccc(C4=c5cc6c7c(c5Oc5c4cc4c8c5CCCN8CCC4)CCC[N+]=7CCC6)c(S(=O)(=O)O)c3)[C@H]2O)c(=O)[nH]1. The maximum absolute atomic E-state index is 13.9. The molecule has 6 aliphatic rings. The number of H-pyrrole nitrogens is 1. The maximum Gasteiger partial charge on any atom is 0.488 e. The van der Waals surface area contributed by atoms with Crippen molar-refractivity contribution in [2.75, 3.05) is 63.1 Å². The quantitative estimate of drug-likeness (QED) is 0.0194. The first-order valence-electron chi connectivity index (χ1n) is 27.8. The van der Waals surface area contributed by atoms with Gasteiger partial charge in [0.25, 0.3) is 15.7 Å². The highest BCUT2D eigenvalue weighted by Gasteiger charge is 2.50. The number of aromatic nitrogens is 4. The van der Waals surface area contributed by atoms with Crippen molar-refractivity contribution in [3.8, 4) is 11.5 Å². The number of phosphoric acid groups is 2. The number of aliphatic hydroxyl groups is 1. The molecule has 2 aromatic heterocycles. The summed E-state index contributed by atoms with van der Waals surface area (Å²) in [7, 11) is -20.8.